The number of hydrogen-bond donors (Lipinski definition) is 0. The van der Waals surface area contributed by atoms with E-state index in [1.54, 1.807) is 0 Å². The zero-order valence-corrected chi connectivity index (χ0v) is 17.0. The lowest BCUT2D eigenvalue weighted by Crippen LogP contribution is -1.92. The molecule has 1 heteroatoms. The molecule has 0 fully saturated rings. The van der Waals surface area contributed by atoms with Gasteiger partial charge in [0.25, 0.3) is 0 Å². The Kier molecular flexibility index (Phi) is 4.18. The van der Waals surface area contributed by atoms with Crippen LogP contribution in [0.4, 0.5) is 0 Å². The monoisotopic (exact) mass is 396 g/mol. The van der Waals surface area contributed by atoms with Crippen LogP contribution in [0.15, 0.2) is 121 Å². The van der Waals surface area contributed by atoms with Gasteiger partial charge in [-0.25, -0.2) is 0 Å². The van der Waals surface area contributed by atoms with E-state index in [2.05, 4.69) is 91.0 Å². The maximum Gasteiger partial charge on any atom is 0.143 e. The molecule has 0 saturated heterocycles. The summed E-state index contributed by atoms with van der Waals surface area (Å²) in [5, 5.41) is 7.08. The predicted molar refractivity (Wildman–Crippen MR) is 131 cm³/mol. The molecule has 31 heavy (non-hydrogen) atoms. The second-order valence-corrected chi connectivity index (χ2v) is 7.78. The molecule has 0 heterocycles. The fourth-order valence-corrected chi connectivity index (χ4v) is 4.46. The number of para-hydroxylation sites is 1. The van der Waals surface area contributed by atoms with Crippen LogP contribution < -0.4 is 4.74 Å². The van der Waals surface area contributed by atoms with Crippen molar-refractivity contribution >= 4 is 32.3 Å². The van der Waals surface area contributed by atoms with Crippen molar-refractivity contribution in [3.63, 3.8) is 0 Å². The van der Waals surface area contributed by atoms with Gasteiger partial charge in [-0.05, 0) is 56.9 Å². The van der Waals surface area contributed by atoms with Gasteiger partial charge < -0.3 is 4.74 Å². The lowest BCUT2D eigenvalue weighted by atomic mass is 9.89. The largest absolute Gasteiger partial charge is 0.456 e. The van der Waals surface area contributed by atoms with Gasteiger partial charge in [0.1, 0.15) is 11.5 Å². The van der Waals surface area contributed by atoms with Gasteiger partial charge in [-0.1, -0.05) is 97.1 Å². The Morgan fingerprint density at radius 2 is 0.968 bits per heavy atom. The summed E-state index contributed by atoms with van der Waals surface area (Å²) in [5.41, 5.74) is 2.46. The van der Waals surface area contributed by atoms with E-state index in [1.165, 1.54) is 32.7 Å². The summed E-state index contributed by atoms with van der Waals surface area (Å²) in [5.74, 6) is 1.75. The van der Waals surface area contributed by atoms with E-state index >= 15 is 0 Å². The first-order chi connectivity index (χ1) is 15.4. The van der Waals surface area contributed by atoms with E-state index in [-0.39, 0.29) is 0 Å². The quantitative estimate of drug-likeness (QED) is 0.272. The van der Waals surface area contributed by atoms with E-state index < -0.39 is 0 Å². The minimum Gasteiger partial charge on any atom is -0.456 e. The molecule has 0 spiro atoms. The van der Waals surface area contributed by atoms with Crippen molar-refractivity contribution < 1.29 is 4.74 Å². The van der Waals surface area contributed by atoms with Crippen molar-refractivity contribution in [2.75, 3.05) is 0 Å². The number of hydrogen-bond acceptors (Lipinski definition) is 1. The van der Waals surface area contributed by atoms with Crippen LogP contribution in [0, 0.1) is 0 Å². The second-order valence-electron chi connectivity index (χ2n) is 7.78. The Morgan fingerprint density at radius 1 is 0.419 bits per heavy atom. The molecule has 0 saturated carbocycles. The highest BCUT2D eigenvalue weighted by Crippen LogP contribution is 2.45. The van der Waals surface area contributed by atoms with Gasteiger partial charge >= 0.3 is 0 Å². The fourth-order valence-electron chi connectivity index (χ4n) is 4.46. The average Bonchev–Trinajstić information content (AvgIpc) is 2.84. The van der Waals surface area contributed by atoms with Gasteiger partial charge in [0.2, 0.25) is 0 Å². The van der Waals surface area contributed by atoms with Crippen molar-refractivity contribution in [3.05, 3.63) is 121 Å². The van der Waals surface area contributed by atoms with Crippen molar-refractivity contribution in [1.82, 2.24) is 0 Å². The number of benzene rings is 6. The van der Waals surface area contributed by atoms with Crippen LogP contribution >= 0.6 is 0 Å². The Hall–Kier alpha value is -4.10. The summed E-state index contributed by atoms with van der Waals surface area (Å²) >= 11 is 0. The van der Waals surface area contributed by atoms with E-state index in [9.17, 15) is 0 Å². The first kappa shape index (κ1) is 17.7. The highest BCUT2D eigenvalue weighted by atomic mass is 16.5. The molecule has 0 N–H and O–H groups in total. The fraction of sp³-hybridized carbons (Fsp3) is 0. The summed E-state index contributed by atoms with van der Waals surface area (Å²) < 4.78 is 6.54. The third-order valence-electron chi connectivity index (χ3n) is 5.87. The molecule has 0 bridgehead atoms. The van der Waals surface area contributed by atoms with Gasteiger partial charge in [0.05, 0.1) is 0 Å². The molecular formula is C30H20O. The molecular weight excluding hydrogens is 376 g/mol. The molecule has 0 aliphatic heterocycles. The summed E-state index contributed by atoms with van der Waals surface area (Å²) in [4.78, 5) is 0. The Labute approximate surface area is 181 Å². The summed E-state index contributed by atoms with van der Waals surface area (Å²) in [6.45, 7) is 0. The van der Waals surface area contributed by atoms with Gasteiger partial charge in [-0.15, -0.1) is 0 Å². The Balaban J connectivity index is 1.79. The minimum atomic E-state index is 0.842. The number of rotatable bonds is 3. The maximum atomic E-state index is 6.54. The molecule has 0 radical (unpaired) electrons. The molecule has 146 valence electrons. The molecule has 0 aliphatic carbocycles. The molecule has 0 aromatic heterocycles. The van der Waals surface area contributed by atoms with Crippen molar-refractivity contribution in [2.45, 2.75) is 0 Å². The smallest absolute Gasteiger partial charge is 0.143 e. The van der Waals surface area contributed by atoms with Gasteiger partial charge in [-0.2, -0.15) is 0 Å². The molecule has 6 aromatic carbocycles. The van der Waals surface area contributed by atoms with Crippen LogP contribution in [0.3, 0.4) is 0 Å². The lowest BCUT2D eigenvalue weighted by Gasteiger charge is -2.18. The first-order valence-electron chi connectivity index (χ1n) is 10.5. The van der Waals surface area contributed by atoms with Crippen molar-refractivity contribution in [3.8, 4) is 22.6 Å². The SMILES string of the molecule is c1ccc(Oc2c3ccccc3c(-c3ccccc3)c3cc4ccccc4cc23)cc1. The molecule has 6 rings (SSSR count). The average molecular weight is 396 g/mol. The normalized spacial score (nSPS) is 11.2. The zero-order chi connectivity index (χ0) is 20.6. The van der Waals surface area contributed by atoms with Crippen LogP contribution in [0.25, 0.3) is 43.4 Å². The van der Waals surface area contributed by atoms with Gasteiger partial charge in [0, 0.05) is 10.8 Å². The predicted octanol–water partition coefficient (Wildman–Crippen LogP) is 8.61. The van der Waals surface area contributed by atoms with Crippen LogP contribution in [-0.2, 0) is 0 Å². The van der Waals surface area contributed by atoms with Gasteiger partial charge in [0.15, 0.2) is 0 Å². The minimum absolute atomic E-state index is 0.842. The molecule has 0 amide bonds. The first-order valence-corrected chi connectivity index (χ1v) is 10.5. The summed E-state index contributed by atoms with van der Waals surface area (Å²) in [6.07, 6.45) is 0. The van der Waals surface area contributed by atoms with Gasteiger partial charge in [-0.3, -0.25) is 0 Å². The van der Waals surface area contributed by atoms with Crippen LogP contribution in [0.5, 0.6) is 11.5 Å². The van der Waals surface area contributed by atoms with E-state index in [0.29, 0.717) is 0 Å². The van der Waals surface area contributed by atoms with E-state index in [0.717, 1.165) is 22.3 Å². The van der Waals surface area contributed by atoms with E-state index in [4.69, 9.17) is 4.74 Å². The van der Waals surface area contributed by atoms with Crippen LogP contribution in [-0.4, -0.2) is 0 Å². The number of fused-ring (bicyclic) bond motifs is 3. The molecule has 0 unspecified atom stereocenters. The Morgan fingerprint density at radius 3 is 1.68 bits per heavy atom. The summed E-state index contributed by atoms with van der Waals surface area (Å²) in [7, 11) is 0. The van der Waals surface area contributed by atoms with Crippen molar-refractivity contribution in [1.29, 1.82) is 0 Å². The zero-order valence-electron chi connectivity index (χ0n) is 17.0. The molecule has 1 nitrogen and oxygen atoms in total. The van der Waals surface area contributed by atoms with Crippen LogP contribution in [0.2, 0.25) is 0 Å². The maximum absolute atomic E-state index is 6.54. The Bertz CT molecular complexity index is 1530. The van der Waals surface area contributed by atoms with E-state index in [1.807, 2.05) is 30.3 Å². The summed E-state index contributed by atoms with van der Waals surface area (Å²) in [6, 6.07) is 42.3. The number of ether oxygens (including phenoxy) is 1. The third kappa shape index (κ3) is 3.03. The molecule has 0 aliphatic rings. The second kappa shape index (κ2) is 7.30. The van der Waals surface area contributed by atoms with Crippen molar-refractivity contribution in [2.24, 2.45) is 0 Å². The lowest BCUT2D eigenvalue weighted by molar-refractivity contribution is 0.494. The highest BCUT2D eigenvalue weighted by Gasteiger charge is 2.17. The molecule has 6 aromatic rings. The topological polar surface area (TPSA) is 9.23 Å². The molecule has 0 atom stereocenters. The standard InChI is InChI=1S/C30H20O/c1-3-11-21(12-4-1)29-25-17-9-10-18-26(25)30(31-24-15-5-2-6-16-24)28-20-23-14-8-7-13-22(23)19-27(28)29/h1-20H. The highest BCUT2D eigenvalue weighted by molar-refractivity contribution is 6.19. The van der Waals surface area contributed by atoms with Crippen LogP contribution in [0.1, 0.15) is 0 Å². The third-order valence-corrected chi connectivity index (χ3v) is 5.87.